The number of aliphatic carboxylic acids is 1. The Balaban J connectivity index is 3.04. The number of carboxylic acid groups (broad SMARTS) is 1. The van der Waals surface area contributed by atoms with Crippen molar-refractivity contribution in [2.24, 2.45) is 0 Å². The van der Waals surface area contributed by atoms with E-state index in [0.717, 1.165) is 17.2 Å². The molecular formula is C13H20O2Si. The summed E-state index contributed by atoms with van der Waals surface area (Å²) in [5.41, 5.74) is 2.05. The fourth-order valence-corrected chi connectivity index (χ4v) is 3.54. The fraction of sp³-hybridized carbons (Fsp3) is 0.462. The van der Waals surface area contributed by atoms with E-state index < -0.39 is 14.0 Å². The zero-order valence-electron chi connectivity index (χ0n) is 10.4. The van der Waals surface area contributed by atoms with Crippen molar-refractivity contribution >= 4 is 14.0 Å². The first kappa shape index (κ1) is 13.0. The van der Waals surface area contributed by atoms with Crippen molar-refractivity contribution in [3.05, 3.63) is 35.4 Å². The number of benzene rings is 1. The summed E-state index contributed by atoms with van der Waals surface area (Å²) in [6.45, 7) is 8.61. The minimum atomic E-state index is -1.37. The standard InChI is InChI=1S/C13H20O2Si/c1-10-7-5-6-8-11(10)12(13(14)15)9-16(2,3)4/h5-8,12H,9H2,1-4H3,(H,14,15). The molecule has 1 N–H and O–H groups in total. The maximum absolute atomic E-state index is 11.4. The Labute approximate surface area is 98.3 Å². The largest absolute Gasteiger partial charge is 0.481 e. The lowest BCUT2D eigenvalue weighted by Gasteiger charge is -2.23. The smallest absolute Gasteiger partial charge is 0.310 e. The lowest BCUT2D eigenvalue weighted by molar-refractivity contribution is -0.138. The van der Waals surface area contributed by atoms with Gasteiger partial charge in [0.1, 0.15) is 0 Å². The number of carboxylic acids is 1. The Morgan fingerprint density at radius 1 is 1.31 bits per heavy atom. The molecule has 0 aliphatic heterocycles. The zero-order chi connectivity index (χ0) is 12.3. The van der Waals surface area contributed by atoms with E-state index in [4.69, 9.17) is 0 Å². The first-order chi connectivity index (χ1) is 7.31. The van der Waals surface area contributed by atoms with Crippen molar-refractivity contribution in [2.75, 3.05) is 0 Å². The second-order valence-electron chi connectivity index (χ2n) is 5.51. The van der Waals surface area contributed by atoms with Gasteiger partial charge < -0.3 is 5.11 Å². The van der Waals surface area contributed by atoms with Crippen LogP contribution in [0.15, 0.2) is 24.3 Å². The van der Waals surface area contributed by atoms with E-state index in [-0.39, 0.29) is 5.92 Å². The van der Waals surface area contributed by atoms with Crippen LogP contribution in [0.4, 0.5) is 0 Å². The fourth-order valence-electron chi connectivity index (χ4n) is 1.92. The third-order valence-electron chi connectivity index (χ3n) is 2.68. The Hall–Kier alpha value is -1.09. The molecule has 1 rings (SSSR count). The highest BCUT2D eigenvalue weighted by molar-refractivity contribution is 6.76. The summed E-state index contributed by atoms with van der Waals surface area (Å²) in [7, 11) is -1.37. The highest BCUT2D eigenvalue weighted by Crippen LogP contribution is 2.28. The molecule has 0 aliphatic rings. The molecule has 0 aliphatic carbocycles. The monoisotopic (exact) mass is 236 g/mol. The molecule has 0 aromatic heterocycles. The molecule has 2 nitrogen and oxygen atoms in total. The number of aryl methyl sites for hydroxylation is 1. The Bertz CT molecular complexity index is 380. The summed E-state index contributed by atoms with van der Waals surface area (Å²) in [5, 5.41) is 9.34. The first-order valence-electron chi connectivity index (χ1n) is 5.59. The van der Waals surface area contributed by atoms with Crippen molar-refractivity contribution < 1.29 is 9.90 Å². The lowest BCUT2D eigenvalue weighted by Crippen LogP contribution is -2.27. The van der Waals surface area contributed by atoms with Gasteiger partial charge in [0.2, 0.25) is 0 Å². The average Bonchev–Trinajstić information content (AvgIpc) is 2.13. The molecular weight excluding hydrogens is 216 g/mol. The molecule has 0 saturated heterocycles. The second-order valence-corrected chi connectivity index (χ2v) is 11.0. The number of carbonyl (C=O) groups is 1. The molecule has 1 unspecified atom stereocenters. The van der Waals surface area contributed by atoms with Crippen LogP contribution < -0.4 is 0 Å². The molecule has 3 heteroatoms. The molecule has 0 saturated carbocycles. The van der Waals surface area contributed by atoms with E-state index in [1.807, 2.05) is 31.2 Å². The molecule has 0 fully saturated rings. The van der Waals surface area contributed by atoms with Gasteiger partial charge in [0, 0.05) is 8.07 Å². The molecule has 0 radical (unpaired) electrons. The van der Waals surface area contributed by atoms with Crippen LogP contribution in [0, 0.1) is 6.92 Å². The minimum Gasteiger partial charge on any atom is -0.481 e. The van der Waals surface area contributed by atoms with E-state index in [2.05, 4.69) is 19.6 Å². The van der Waals surface area contributed by atoms with Crippen LogP contribution in [0.25, 0.3) is 0 Å². The predicted molar refractivity (Wildman–Crippen MR) is 69.7 cm³/mol. The molecule has 0 amide bonds. The summed E-state index contributed by atoms with van der Waals surface area (Å²) in [4.78, 5) is 11.4. The normalized spacial score (nSPS) is 13.5. The topological polar surface area (TPSA) is 37.3 Å². The van der Waals surface area contributed by atoms with Gasteiger partial charge in [-0.15, -0.1) is 0 Å². The van der Waals surface area contributed by atoms with Crippen molar-refractivity contribution in [1.82, 2.24) is 0 Å². The quantitative estimate of drug-likeness (QED) is 0.812. The van der Waals surface area contributed by atoms with E-state index in [9.17, 15) is 9.90 Å². The Morgan fingerprint density at radius 3 is 2.31 bits per heavy atom. The average molecular weight is 236 g/mol. The maximum Gasteiger partial charge on any atom is 0.310 e. The van der Waals surface area contributed by atoms with E-state index >= 15 is 0 Å². The van der Waals surface area contributed by atoms with Gasteiger partial charge in [0.05, 0.1) is 5.92 Å². The van der Waals surface area contributed by atoms with Crippen molar-refractivity contribution in [3.63, 3.8) is 0 Å². The maximum atomic E-state index is 11.4. The van der Waals surface area contributed by atoms with Crippen molar-refractivity contribution in [1.29, 1.82) is 0 Å². The van der Waals surface area contributed by atoms with Crippen molar-refractivity contribution in [2.45, 2.75) is 38.5 Å². The van der Waals surface area contributed by atoms with Gasteiger partial charge in [-0.25, -0.2) is 0 Å². The molecule has 0 bridgehead atoms. The van der Waals surface area contributed by atoms with Gasteiger partial charge in [-0.1, -0.05) is 43.9 Å². The summed E-state index contributed by atoms with van der Waals surface area (Å²) in [6.07, 6.45) is 0. The summed E-state index contributed by atoms with van der Waals surface area (Å²) in [6, 6.07) is 8.59. The predicted octanol–water partition coefficient (Wildman–Crippen LogP) is 3.50. The van der Waals surface area contributed by atoms with Gasteiger partial charge in [0.25, 0.3) is 0 Å². The summed E-state index contributed by atoms with van der Waals surface area (Å²) in [5.74, 6) is -1.04. The SMILES string of the molecule is Cc1ccccc1C(C[Si](C)(C)C)C(=O)O. The molecule has 1 aromatic rings. The Kier molecular flexibility index (Phi) is 3.91. The molecule has 1 atom stereocenters. The van der Waals surface area contributed by atoms with Gasteiger partial charge in [-0.3, -0.25) is 4.79 Å². The number of hydrogen-bond acceptors (Lipinski definition) is 1. The number of rotatable bonds is 4. The van der Waals surface area contributed by atoms with Crippen LogP contribution in [0.1, 0.15) is 17.0 Å². The van der Waals surface area contributed by atoms with Crippen LogP contribution in [0.2, 0.25) is 25.7 Å². The summed E-state index contributed by atoms with van der Waals surface area (Å²) < 4.78 is 0. The van der Waals surface area contributed by atoms with E-state index in [1.54, 1.807) is 0 Å². The molecule has 0 heterocycles. The van der Waals surface area contributed by atoms with Crippen LogP contribution in [-0.4, -0.2) is 19.1 Å². The van der Waals surface area contributed by atoms with Gasteiger partial charge in [-0.05, 0) is 24.1 Å². The van der Waals surface area contributed by atoms with Gasteiger partial charge >= 0.3 is 5.97 Å². The van der Waals surface area contributed by atoms with Crippen LogP contribution in [0.3, 0.4) is 0 Å². The molecule has 16 heavy (non-hydrogen) atoms. The number of hydrogen-bond donors (Lipinski definition) is 1. The highest BCUT2D eigenvalue weighted by atomic mass is 28.3. The lowest BCUT2D eigenvalue weighted by atomic mass is 9.96. The van der Waals surface area contributed by atoms with Crippen molar-refractivity contribution in [3.8, 4) is 0 Å². The second kappa shape index (κ2) is 4.83. The van der Waals surface area contributed by atoms with Gasteiger partial charge in [0.15, 0.2) is 0 Å². The van der Waals surface area contributed by atoms with Gasteiger partial charge in [-0.2, -0.15) is 0 Å². The van der Waals surface area contributed by atoms with E-state index in [1.165, 1.54) is 0 Å². The third-order valence-corrected chi connectivity index (χ3v) is 4.31. The van der Waals surface area contributed by atoms with Crippen LogP contribution in [-0.2, 0) is 4.79 Å². The zero-order valence-corrected chi connectivity index (χ0v) is 11.4. The van der Waals surface area contributed by atoms with E-state index in [0.29, 0.717) is 0 Å². The highest BCUT2D eigenvalue weighted by Gasteiger charge is 2.27. The molecule has 0 spiro atoms. The van der Waals surface area contributed by atoms with Crippen LogP contribution >= 0.6 is 0 Å². The Morgan fingerprint density at radius 2 is 1.88 bits per heavy atom. The minimum absolute atomic E-state index is 0.340. The van der Waals surface area contributed by atoms with Crippen LogP contribution in [0.5, 0.6) is 0 Å². The molecule has 88 valence electrons. The third kappa shape index (κ3) is 3.49. The first-order valence-corrected chi connectivity index (χ1v) is 9.30. The summed E-state index contributed by atoms with van der Waals surface area (Å²) >= 11 is 0. The molecule has 1 aromatic carbocycles.